The van der Waals surface area contributed by atoms with Crippen molar-refractivity contribution in [3.05, 3.63) is 113 Å². The van der Waals surface area contributed by atoms with E-state index in [0.29, 0.717) is 11.3 Å². The molecule has 0 radical (unpaired) electrons. The van der Waals surface area contributed by atoms with Crippen molar-refractivity contribution in [1.29, 1.82) is 0 Å². The summed E-state index contributed by atoms with van der Waals surface area (Å²) in [5.41, 5.74) is 6.20. The first-order valence-electron chi connectivity index (χ1n) is 13.9. The normalized spacial score (nSPS) is 13.8. The summed E-state index contributed by atoms with van der Waals surface area (Å²) in [6, 6.07) is 30.3. The van der Waals surface area contributed by atoms with Gasteiger partial charge in [0.25, 0.3) is 0 Å². The van der Waals surface area contributed by atoms with E-state index in [4.69, 9.17) is 21.1 Å². The zero-order valence-corrected chi connectivity index (χ0v) is 24.6. The van der Waals surface area contributed by atoms with Gasteiger partial charge in [0.05, 0.1) is 7.11 Å². The number of ether oxygens (including phenoxy) is 2. The standard InChI is InChI=1S/C34H36ClN3O3/c1-36(2)23-27-9-5-7-11-32(27)41-33-22-29(16-17-31(33)34(39)40-3)38-20-18-37(19-21-38)24-26-8-4-6-10-30(26)25-12-14-28(35)15-13-25/h4-17,22H,18-21,23-24H2,1-3H3. The highest BCUT2D eigenvalue weighted by atomic mass is 35.5. The number of para-hydroxylation sites is 1. The minimum absolute atomic E-state index is 0.411. The summed E-state index contributed by atoms with van der Waals surface area (Å²) in [6.45, 7) is 5.21. The van der Waals surface area contributed by atoms with Gasteiger partial charge < -0.3 is 19.3 Å². The smallest absolute Gasteiger partial charge is 0.341 e. The van der Waals surface area contributed by atoms with Crippen molar-refractivity contribution in [2.75, 3.05) is 52.3 Å². The van der Waals surface area contributed by atoms with Crippen LogP contribution in [0.3, 0.4) is 0 Å². The molecule has 212 valence electrons. The van der Waals surface area contributed by atoms with Gasteiger partial charge in [-0.2, -0.15) is 0 Å². The summed E-state index contributed by atoms with van der Waals surface area (Å²) >= 11 is 6.12. The topological polar surface area (TPSA) is 45.3 Å². The van der Waals surface area contributed by atoms with Crippen LogP contribution < -0.4 is 9.64 Å². The van der Waals surface area contributed by atoms with Crippen LogP contribution in [0.15, 0.2) is 91.0 Å². The lowest BCUT2D eigenvalue weighted by atomic mass is 9.99. The molecule has 1 saturated heterocycles. The van der Waals surface area contributed by atoms with E-state index in [1.807, 2.05) is 62.6 Å². The number of hydrogen-bond acceptors (Lipinski definition) is 6. The number of carbonyl (C=O) groups is 1. The number of esters is 1. The first-order valence-corrected chi connectivity index (χ1v) is 14.2. The highest BCUT2D eigenvalue weighted by Crippen LogP contribution is 2.33. The number of hydrogen-bond donors (Lipinski definition) is 0. The highest BCUT2D eigenvalue weighted by molar-refractivity contribution is 6.30. The first kappa shape index (κ1) is 28.7. The Hall–Kier alpha value is -3.84. The third kappa shape index (κ3) is 7.09. The van der Waals surface area contributed by atoms with Crippen molar-refractivity contribution in [3.63, 3.8) is 0 Å². The van der Waals surface area contributed by atoms with Gasteiger partial charge in [-0.3, -0.25) is 4.90 Å². The van der Waals surface area contributed by atoms with Crippen LogP contribution in [0.4, 0.5) is 5.69 Å². The molecular weight excluding hydrogens is 534 g/mol. The molecule has 4 aromatic carbocycles. The minimum atomic E-state index is -0.416. The van der Waals surface area contributed by atoms with Crippen LogP contribution in [0.25, 0.3) is 11.1 Å². The molecule has 0 N–H and O–H groups in total. The number of rotatable bonds is 9. The maximum Gasteiger partial charge on any atom is 0.341 e. The molecule has 41 heavy (non-hydrogen) atoms. The number of piperazine rings is 1. The van der Waals surface area contributed by atoms with E-state index in [1.165, 1.54) is 23.8 Å². The minimum Gasteiger partial charge on any atom is -0.465 e. The lowest BCUT2D eigenvalue weighted by Gasteiger charge is -2.36. The van der Waals surface area contributed by atoms with Crippen LogP contribution >= 0.6 is 11.6 Å². The molecule has 0 spiro atoms. The molecule has 1 aliphatic heterocycles. The fourth-order valence-corrected chi connectivity index (χ4v) is 5.36. The fraction of sp³-hybridized carbons (Fsp3) is 0.265. The molecule has 1 aliphatic rings. The van der Waals surface area contributed by atoms with Gasteiger partial charge in [0.2, 0.25) is 0 Å². The van der Waals surface area contributed by atoms with Gasteiger partial charge in [-0.15, -0.1) is 0 Å². The van der Waals surface area contributed by atoms with Crippen LogP contribution in [0.2, 0.25) is 5.02 Å². The molecular formula is C34H36ClN3O3. The predicted octanol–water partition coefficient (Wildman–Crippen LogP) is 6.97. The number of anilines is 1. The van der Waals surface area contributed by atoms with Gasteiger partial charge >= 0.3 is 5.97 Å². The third-order valence-corrected chi connectivity index (χ3v) is 7.61. The Labute approximate surface area is 247 Å². The van der Waals surface area contributed by atoms with Crippen molar-refractivity contribution in [2.24, 2.45) is 0 Å². The largest absolute Gasteiger partial charge is 0.465 e. The molecule has 6 nitrogen and oxygen atoms in total. The average Bonchev–Trinajstić information content (AvgIpc) is 2.99. The molecule has 0 bridgehead atoms. The van der Waals surface area contributed by atoms with E-state index in [1.54, 1.807) is 6.07 Å². The van der Waals surface area contributed by atoms with Crippen molar-refractivity contribution >= 4 is 23.3 Å². The average molecular weight is 570 g/mol. The molecule has 5 rings (SSSR count). The Balaban J connectivity index is 1.31. The maximum atomic E-state index is 12.6. The second-order valence-corrected chi connectivity index (χ2v) is 11.0. The van der Waals surface area contributed by atoms with Crippen LogP contribution in [0.1, 0.15) is 21.5 Å². The summed E-state index contributed by atoms with van der Waals surface area (Å²) in [5, 5.41) is 0.744. The van der Waals surface area contributed by atoms with Gasteiger partial charge in [-0.05, 0) is 61.1 Å². The molecule has 0 aliphatic carbocycles. The van der Waals surface area contributed by atoms with Gasteiger partial charge in [-0.1, -0.05) is 66.2 Å². The molecule has 0 atom stereocenters. The number of carbonyl (C=O) groups excluding carboxylic acids is 1. The van der Waals surface area contributed by atoms with E-state index < -0.39 is 5.97 Å². The summed E-state index contributed by atoms with van der Waals surface area (Å²) in [6.07, 6.45) is 0. The maximum absolute atomic E-state index is 12.6. The van der Waals surface area contributed by atoms with Crippen LogP contribution in [0.5, 0.6) is 11.5 Å². The summed E-state index contributed by atoms with van der Waals surface area (Å²) in [7, 11) is 5.44. The molecule has 7 heteroatoms. The Morgan fingerprint density at radius 2 is 1.51 bits per heavy atom. The van der Waals surface area contributed by atoms with Crippen molar-refractivity contribution in [2.45, 2.75) is 13.1 Å². The molecule has 1 fully saturated rings. The van der Waals surface area contributed by atoms with Gasteiger partial charge in [0, 0.05) is 61.6 Å². The van der Waals surface area contributed by atoms with E-state index in [9.17, 15) is 4.79 Å². The Kier molecular flexibility index (Phi) is 9.24. The number of benzene rings is 4. The monoisotopic (exact) mass is 569 g/mol. The molecule has 0 aromatic heterocycles. The number of halogens is 1. The summed E-state index contributed by atoms with van der Waals surface area (Å²) in [4.78, 5) is 19.5. The second kappa shape index (κ2) is 13.2. The Morgan fingerprint density at radius 3 is 2.22 bits per heavy atom. The van der Waals surface area contributed by atoms with Gasteiger partial charge in [0.1, 0.15) is 17.1 Å². The van der Waals surface area contributed by atoms with E-state index in [2.05, 4.69) is 51.1 Å². The quantitative estimate of drug-likeness (QED) is 0.203. The lowest BCUT2D eigenvalue weighted by Crippen LogP contribution is -2.46. The molecule has 1 heterocycles. The van der Waals surface area contributed by atoms with Crippen molar-refractivity contribution in [3.8, 4) is 22.6 Å². The lowest BCUT2D eigenvalue weighted by molar-refractivity contribution is 0.0598. The zero-order chi connectivity index (χ0) is 28.8. The van der Waals surface area contributed by atoms with Crippen molar-refractivity contribution < 1.29 is 14.3 Å². The first-order chi connectivity index (χ1) is 19.9. The second-order valence-electron chi connectivity index (χ2n) is 10.5. The van der Waals surface area contributed by atoms with E-state index in [-0.39, 0.29) is 0 Å². The van der Waals surface area contributed by atoms with E-state index >= 15 is 0 Å². The van der Waals surface area contributed by atoms with Gasteiger partial charge in [0.15, 0.2) is 0 Å². The van der Waals surface area contributed by atoms with Crippen LogP contribution in [-0.2, 0) is 17.8 Å². The Bertz CT molecular complexity index is 1480. The molecule has 0 amide bonds. The third-order valence-electron chi connectivity index (χ3n) is 7.35. The van der Waals surface area contributed by atoms with Gasteiger partial charge in [-0.25, -0.2) is 4.79 Å². The van der Waals surface area contributed by atoms with Crippen molar-refractivity contribution in [1.82, 2.24) is 9.80 Å². The molecule has 0 saturated carbocycles. The predicted molar refractivity (Wildman–Crippen MR) is 166 cm³/mol. The van der Waals surface area contributed by atoms with E-state index in [0.717, 1.165) is 61.3 Å². The summed E-state index contributed by atoms with van der Waals surface area (Å²) < 4.78 is 11.4. The molecule has 0 unspecified atom stereocenters. The Morgan fingerprint density at radius 1 is 0.829 bits per heavy atom. The SMILES string of the molecule is COC(=O)c1ccc(N2CCN(Cc3ccccc3-c3ccc(Cl)cc3)CC2)cc1Oc1ccccc1CN(C)C. The summed E-state index contributed by atoms with van der Waals surface area (Å²) in [5.74, 6) is 0.813. The zero-order valence-electron chi connectivity index (χ0n) is 23.8. The fourth-order valence-electron chi connectivity index (χ4n) is 5.24. The van der Waals surface area contributed by atoms with Crippen LogP contribution in [-0.4, -0.2) is 63.2 Å². The molecule has 4 aromatic rings. The number of methoxy groups -OCH3 is 1. The highest BCUT2D eigenvalue weighted by Gasteiger charge is 2.22. The van der Waals surface area contributed by atoms with Crippen LogP contribution in [0, 0.1) is 0 Å². The number of nitrogens with zero attached hydrogens (tertiary/aromatic N) is 3.